The van der Waals surface area contributed by atoms with E-state index in [1.165, 1.54) is 25.7 Å². The number of nitrogens with one attached hydrogen (secondary N) is 2. The summed E-state index contributed by atoms with van der Waals surface area (Å²) in [5.41, 5.74) is 3.49. The van der Waals surface area contributed by atoms with Crippen LogP contribution in [0.2, 0.25) is 0 Å². The fraction of sp³-hybridized carbons (Fsp3) is 0.500. The Hall–Kier alpha value is -2.18. The lowest BCUT2D eigenvalue weighted by Crippen LogP contribution is -2.45. The van der Waals surface area contributed by atoms with Gasteiger partial charge in [-0.2, -0.15) is 0 Å². The first-order valence-corrected chi connectivity index (χ1v) is 13.1. The van der Waals surface area contributed by atoms with E-state index in [9.17, 15) is 13.2 Å². The van der Waals surface area contributed by atoms with Gasteiger partial charge < -0.3 is 5.32 Å². The molecule has 32 heavy (non-hydrogen) atoms. The molecule has 0 heterocycles. The molecular weight excluding hydrogens is 420 g/mol. The van der Waals surface area contributed by atoms with Crippen molar-refractivity contribution in [3.8, 4) is 0 Å². The fourth-order valence-corrected chi connectivity index (χ4v) is 7.27. The van der Waals surface area contributed by atoms with Gasteiger partial charge in [-0.1, -0.05) is 31.0 Å². The molecule has 3 saturated carbocycles. The highest BCUT2D eigenvalue weighted by molar-refractivity contribution is 7.89. The van der Waals surface area contributed by atoms with Crippen LogP contribution in [0.1, 0.15) is 66.1 Å². The van der Waals surface area contributed by atoms with Gasteiger partial charge in [-0.05, 0) is 99.6 Å². The second-order valence-electron chi connectivity index (χ2n) is 9.79. The van der Waals surface area contributed by atoms with Crippen molar-refractivity contribution in [2.45, 2.75) is 70.7 Å². The highest BCUT2D eigenvalue weighted by atomic mass is 32.2. The zero-order valence-corrected chi connectivity index (χ0v) is 20.3. The van der Waals surface area contributed by atoms with E-state index in [0.717, 1.165) is 23.5 Å². The molecule has 2 atom stereocenters. The van der Waals surface area contributed by atoms with Gasteiger partial charge in [-0.3, -0.25) is 4.79 Å². The minimum absolute atomic E-state index is 0.0757. The molecule has 2 aromatic carbocycles. The van der Waals surface area contributed by atoms with Crippen molar-refractivity contribution in [2.75, 3.05) is 5.32 Å². The van der Waals surface area contributed by atoms with Crippen LogP contribution in [0.25, 0.3) is 0 Å². The van der Waals surface area contributed by atoms with Crippen LogP contribution in [0.5, 0.6) is 0 Å². The maximum Gasteiger partial charge on any atom is 0.255 e. The lowest BCUT2D eigenvalue weighted by Gasteiger charge is -2.45. The van der Waals surface area contributed by atoms with E-state index in [4.69, 9.17) is 0 Å². The van der Waals surface area contributed by atoms with Crippen molar-refractivity contribution in [3.05, 3.63) is 58.7 Å². The molecule has 5 nitrogen and oxygen atoms in total. The van der Waals surface area contributed by atoms with Gasteiger partial charge in [0, 0.05) is 17.3 Å². The number of sulfonamides is 1. The normalized spacial score (nSPS) is 23.7. The van der Waals surface area contributed by atoms with Gasteiger partial charge in [-0.15, -0.1) is 0 Å². The summed E-state index contributed by atoms with van der Waals surface area (Å²) in [5, 5.41) is 2.94. The van der Waals surface area contributed by atoms with Crippen molar-refractivity contribution < 1.29 is 13.2 Å². The smallest absolute Gasteiger partial charge is 0.255 e. The first kappa shape index (κ1) is 23.0. The van der Waals surface area contributed by atoms with Crippen molar-refractivity contribution in [3.63, 3.8) is 0 Å². The fourth-order valence-electron chi connectivity index (χ4n) is 5.67. The third-order valence-electron chi connectivity index (χ3n) is 7.54. The average molecular weight is 455 g/mol. The quantitative estimate of drug-likeness (QED) is 0.617. The highest BCUT2D eigenvalue weighted by Crippen LogP contribution is 2.46. The number of carbonyl (C=O) groups is 1. The first-order valence-electron chi connectivity index (χ1n) is 11.7. The summed E-state index contributed by atoms with van der Waals surface area (Å²) in [7, 11) is -3.65. The summed E-state index contributed by atoms with van der Waals surface area (Å²) >= 11 is 0. The molecule has 2 N–H and O–H groups in total. The summed E-state index contributed by atoms with van der Waals surface area (Å²) in [6.07, 6.45) is 6.20. The van der Waals surface area contributed by atoms with Crippen LogP contribution in [-0.2, 0) is 10.0 Å². The monoisotopic (exact) mass is 454 g/mol. The van der Waals surface area contributed by atoms with Gasteiger partial charge in [0.05, 0.1) is 4.90 Å². The van der Waals surface area contributed by atoms with Crippen LogP contribution in [0.4, 0.5) is 5.69 Å². The summed E-state index contributed by atoms with van der Waals surface area (Å²) in [5.74, 6) is 1.63. The van der Waals surface area contributed by atoms with Crippen molar-refractivity contribution in [1.29, 1.82) is 0 Å². The molecular formula is C26H34N2O3S. The molecule has 0 radical (unpaired) electrons. The maximum atomic E-state index is 13.3. The van der Waals surface area contributed by atoms with Crippen LogP contribution in [0.3, 0.4) is 0 Å². The minimum Gasteiger partial charge on any atom is -0.322 e. The second kappa shape index (κ2) is 8.99. The Balaban J connectivity index is 1.52. The van der Waals surface area contributed by atoms with Gasteiger partial charge in [0.2, 0.25) is 10.0 Å². The topological polar surface area (TPSA) is 75.3 Å². The van der Waals surface area contributed by atoms with Gasteiger partial charge in [0.1, 0.15) is 0 Å². The van der Waals surface area contributed by atoms with Crippen LogP contribution in [-0.4, -0.2) is 20.4 Å². The largest absolute Gasteiger partial charge is 0.322 e. The van der Waals surface area contributed by atoms with Crippen molar-refractivity contribution in [1.82, 2.24) is 4.72 Å². The number of hydrogen-bond acceptors (Lipinski definition) is 3. The summed E-state index contributed by atoms with van der Waals surface area (Å²) in [4.78, 5) is 13.0. The lowest BCUT2D eigenvalue weighted by molar-refractivity contribution is 0.0810. The molecule has 0 saturated heterocycles. The van der Waals surface area contributed by atoms with Crippen LogP contribution in [0, 0.1) is 38.5 Å². The molecule has 0 spiro atoms. The van der Waals surface area contributed by atoms with Crippen molar-refractivity contribution in [2.24, 2.45) is 17.8 Å². The molecule has 2 aromatic rings. The Morgan fingerprint density at radius 3 is 2.28 bits per heavy atom. The van der Waals surface area contributed by atoms with Crippen molar-refractivity contribution >= 4 is 21.6 Å². The molecule has 3 aliphatic rings. The molecule has 3 aliphatic carbocycles. The number of rotatable bonds is 6. The lowest BCUT2D eigenvalue weighted by atomic mass is 9.63. The summed E-state index contributed by atoms with van der Waals surface area (Å²) in [6.45, 7) is 7.52. The Labute approximate surface area is 192 Å². The Morgan fingerprint density at radius 2 is 1.66 bits per heavy atom. The van der Waals surface area contributed by atoms with E-state index in [2.05, 4.69) is 10.0 Å². The highest BCUT2D eigenvalue weighted by Gasteiger charge is 2.39. The standard InChI is InChI=1S/C26H34N2O3S/c1-16-7-5-6-8-22(16)26(29)27-24-13-18(3)25(14-17(24)2)32(30,31)28-19(4)23-15-20-9-11-21(23)12-10-20/h5-8,13-14,19-21,23,28H,9-12,15H2,1-4H3,(H,27,29). The molecule has 0 aliphatic heterocycles. The number of fused-ring (bicyclic) bond motifs is 3. The Morgan fingerprint density at radius 1 is 0.969 bits per heavy atom. The maximum absolute atomic E-state index is 13.3. The summed E-state index contributed by atoms with van der Waals surface area (Å²) in [6, 6.07) is 10.8. The molecule has 3 fully saturated rings. The molecule has 5 rings (SSSR count). The van der Waals surface area contributed by atoms with E-state index in [-0.39, 0.29) is 16.8 Å². The van der Waals surface area contributed by atoms with Gasteiger partial charge in [0.25, 0.3) is 5.91 Å². The number of hydrogen-bond donors (Lipinski definition) is 2. The first-order chi connectivity index (χ1) is 15.2. The zero-order chi connectivity index (χ0) is 23.0. The third-order valence-corrected chi connectivity index (χ3v) is 9.24. The average Bonchev–Trinajstić information content (AvgIpc) is 2.76. The predicted molar refractivity (Wildman–Crippen MR) is 128 cm³/mol. The molecule has 6 heteroatoms. The molecule has 2 unspecified atom stereocenters. The van der Waals surface area contributed by atoms with Gasteiger partial charge >= 0.3 is 0 Å². The molecule has 1 amide bonds. The van der Waals surface area contributed by atoms with E-state index >= 15 is 0 Å². The predicted octanol–water partition coefficient (Wildman–Crippen LogP) is 5.36. The molecule has 172 valence electrons. The van der Waals surface area contributed by atoms with Gasteiger partial charge in [-0.25, -0.2) is 13.1 Å². The third kappa shape index (κ3) is 4.62. The van der Waals surface area contributed by atoms with E-state index in [1.807, 2.05) is 39.0 Å². The van der Waals surface area contributed by atoms with E-state index in [0.29, 0.717) is 28.7 Å². The number of anilines is 1. The Bertz CT molecular complexity index is 1120. The van der Waals surface area contributed by atoms with Crippen LogP contribution in [0.15, 0.2) is 41.3 Å². The molecule has 2 bridgehead atoms. The molecule has 0 aromatic heterocycles. The number of carbonyl (C=O) groups excluding carboxylic acids is 1. The zero-order valence-electron chi connectivity index (χ0n) is 19.4. The number of benzene rings is 2. The van der Waals surface area contributed by atoms with Gasteiger partial charge in [0.15, 0.2) is 0 Å². The van der Waals surface area contributed by atoms with Crippen LogP contribution >= 0.6 is 0 Å². The SMILES string of the molecule is Cc1cc(S(=O)(=O)NC(C)C2CC3CCC2CC3)c(C)cc1NC(=O)c1ccccc1C. The minimum atomic E-state index is -3.65. The Kier molecular flexibility index (Phi) is 6.46. The number of amides is 1. The van der Waals surface area contributed by atoms with E-state index < -0.39 is 10.0 Å². The van der Waals surface area contributed by atoms with E-state index in [1.54, 1.807) is 25.1 Å². The summed E-state index contributed by atoms with van der Waals surface area (Å²) < 4.78 is 29.5. The number of aryl methyl sites for hydroxylation is 3. The van der Waals surface area contributed by atoms with Crippen LogP contribution < -0.4 is 10.0 Å². The second-order valence-corrected chi connectivity index (χ2v) is 11.5.